The van der Waals surface area contributed by atoms with Gasteiger partial charge in [-0.1, -0.05) is 35.9 Å². The number of nitrogens with zero attached hydrogens (tertiary/aromatic N) is 3. The van der Waals surface area contributed by atoms with Crippen LogP contribution in [0.25, 0.3) is 0 Å². The second-order valence-corrected chi connectivity index (χ2v) is 12.5. The van der Waals surface area contributed by atoms with E-state index in [0.29, 0.717) is 59.4 Å². The van der Waals surface area contributed by atoms with E-state index in [-0.39, 0.29) is 16.6 Å². The summed E-state index contributed by atoms with van der Waals surface area (Å²) in [4.78, 5) is 23.8. The number of benzene rings is 2. The van der Waals surface area contributed by atoms with E-state index in [1.165, 1.54) is 5.56 Å². The Morgan fingerprint density at radius 1 is 1.03 bits per heavy atom. The molecule has 37 heavy (non-hydrogen) atoms. The molecule has 1 saturated heterocycles. The van der Waals surface area contributed by atoms with Crippen molar-refractivity contribution in [3.63, 3.8) is 0 Å². The highest BCUT2D eigenvalue weighted by Crippen LogP contribution is 2.36. The van der Waals surface area contributed by atoms with Crippen LogP contribution in [0.4, 0.5) is 17.5 Å². The molecule has 0 atom stereocenters. The molecule has 3 aliphatic rings. The summed E-state index contributed by atoms with van der Waals surface area (Å²) in [6.45, 7) is 1.51. The average Bonchev–Trinajstić information content (AvgIpc) is 3.64. The predicted octanol–water partition coefficient (Wildman–Crippen LogP) is 4.02. The Morgan fingerprint density at radius 3 is 2.46 bits per heavy atom. The average molecular weight is 538 g/mol. The van der Waals surface area contributed by atoms with Gasteiger partial charge in [-0.3, -0.25) is 4.79 Å². The third-order valence-corrected chi connectivity index (χ3v) is 9.22. The third-order valence-electron chi connectivity index (χ3n) is 7.09. The molecule has 1 aromatic heterocycles. The topological polar surface area (TPSA) is 104 Å². The van der Waals surface area contributed by atoms with Gasteiger partial charge in [0, 0.05) is 35.8 Å². The number of carbonyl (C=O) groups excluding carboxylic acids is 1. The summed E-state index contributed by atoms with van der Waals surface area (Å²) in [6, 6.07) is 15.7. The van der Waals surface area contributed by atoms with Crippen LogP contribution in [-0.4, -0.2) is 49.2 Å². The van der Waals surface area contributed by atoms with Crippen molar-refractivity contribution in [1.82, 2.24) is 15.3 Å². The second-order valence-electron chi connectivity index (χ2n) is 10.1. The van der Waals surface area contributed by atoms with Crippen LogP contribution in [0, 0.1) is 0 Å². The SMILES string of the molecule is O=C(Cc1ccc(Nc2nc(N3CC(c4ccc(Cl)cc4)C3)nc3c2S(=O)(=O)CCC3)cc1)NC1CC1. The zero-order chi connectivity index (χ0) is 25.6. The van der Waals surface area contributed by atoms with Crippen molar-refractivity contribution in [1.29, 1.82) is 0 Å². The van der Waals surface area contributed by atoms with E-state index in [0.717, 1.165) is 31.5 Å². The molecule has 0 unspecified atom stereocenters. The molecule has 1 saturated carbocycles. The molecular formula is C27H28ClN5O3S. The van der Waals surface area contributed by atoms with E-state index in [4.69, 9.17) is 16.6 Å². The maximum atomic E-state index is 13.0. The van der Waals surface area contributed by atoms with Crippen molar-refractivity contribution in [2.45, 2.75) is 49.0 Å². The van der Waals surface area contributed by atoms with Gasteiger partial charge in [-0.15, -0.1) is 0 Å². The largest absolute Gasteiger partial charge is 0.353 e. The van der Waals surface area contributed by atoms with Gasteiger partial charge in [-0.05, 0) is 61.1 Å². The smallest absolute Gasteiger partial charge is 0.227 e. The van der Waals surface area contributed by atoms with Crippen LogP contribution in [0.5, 0.6) is 0 Å². The van der Waals surface area contributed by atoms with E-state index >= 15 is 0 Å². The van der Waals surface area contributed by atoms with Crippen LogP contribution >= 0.6 is 11.6 Å². The monoisotopic (exact) mass is 537 g/mol. The molecule has 8 nitrogen and oxygen atoms in total. The number of sulfone groups is 1. The maximum absolute atomic E-state index is 13.0. The second kappa shape index (κ2) is 9.61. The highest BCUT2D eigenvalue weighted by molar-refractivity contribution is 7.91. The number of hydrogen-bond donors (Lipinski definition) is 2. The summed E-state index contributed by atoms with van der Waals surface area (Å²) < 4.78 is 26.0. The molecule has 0 spiro atoms. The Kier molecular flexibility index (Phi) is 6.28. The molecule has 0 radical (unpaired) electrons. The van der Waals surface area contributed by atoms with Gasteiger partial charge in [0.05, 0.1) is 17.9 Å². The van der Waals surface area contributed by atoms with Crippen LogP contribution in [0.2, 0.25) is 5.02 Å². The van der Waals surface area contributed by atoms with Crippen molar-refractivity contribution < 1.29 is 13.2 Å². The minimum atomic E-state index is -3.48. The summed E-state index contributed by atoms with van der Waals surface area (Å²) in [5.74, 6) is 1.32. The number of hydrogen-bond acceptors (Lipinski definition) is 7. The lowest BCUT2D eigenvalue weighted by atomic mass is 9.92. The Labute approximate surface area is 221 Å². The van der Waals surface area contributed by atoms with E-state index in [2.05, 4.69) is 20.5 Å². The zero-order valence-corrected chi connectivity index (χ0v) is 21.9. The van der Waals surface area contributed by atoms with Gasteiger partial charge in [0.25, 0.3) is 0 Å². The Morgan fingerprint density at radius 2 is 1.76 bits per heavy atom. The van der Waals surface area contributed by atoms with Gasteiger partial charge < -0.3 is 15.5 Å². The lowest BCUT2D eigenvalue weighted by Gasteiger charge is -2.40. The zero-order valence-electron chi connectivity index (χ0n) is 20.3. The number of nitrogens with one attached hydrogen (secondary N) is 2. The molecule has 0 bridgehead atoms. The number of halogens is 1. The van der Waals surface area contributed by atoms with Gasteiger partial charge in [-0.2, -0.15) is 4.98 Å². The number of rotatable bonds is 7. The first-order valence-corrected chi connectivity index (χ1v) is 14.7. The Bertz CT molecular complexity index is 1430. The quantitative estimate of drug-likeness (QED) is 0.469. The van der Waals surface area contributed by atoms with Crippen LogP contribution in [-0.2, 0) is 27.5 Å². The van der Waals surface area contributed by atoms with Gasteiger partial charge in [-0.25, -0.2) is 13.4 Å². The van der Waals surface area contributed by atoms with E-state index in [1.54, 1.807) is 0 Å². The van der Waals surface area contributed by atoms with Crippen LogP contribution in [0.1, 0.15) is 42.0 Å². The molecule has 2 N–H and O–H groups in total. The predicted molar refractivity (Wildman–Crippen MR) is 143 cm³/mol. The van der Waals surface area contributed by atoms with Gasteiger partial charge in [0.15, 0.2) is 15.7 Å². The Hall–Kier alpha value is -3.17. The van der Waals surface area contributed by atoms with E-state index in [1.807, 2.05) is 48.5 Å². The summed E-state index contributed by atoms with van der Waals surface area (Å²) >= 11 is 6.02. The first-order valence-electron chi connectivity index (χ1n) is 12.6. The molecule has 1 amide bonds. The maximum Gasteiger partial charge on any atom is 0.227 e. The third kappa shape index (κ3) is 5.29. The van der Waals surface area contributed by atoms with Gasteiger partial charge in [0.2, 0.25) is 11.9 Å². The highest BCUT2D eigenvalue weighted by Gasteiger charge is 2.34. The minimum Gasteiger partial charge on any atom is -0.353 e. The lowest BCUT2D eigenvalue weighted by molar-refractivity contribution is -0.120. The van der Waals surface area contributed by atoms with Crippen molar-refractivity contribution in [3.8, 4) is 0 Å². The lowest BCUT2D eigenvalue weighted by Crippen LogP contribution is -2.46. The summed E-state index contributed by atoms with van der Waals surface area (Å²) in [5.41, 5.74) is 3.39. The molecule has 2 fully saturated rings. The van der Waals surface area contributed by atoms with Crippen LogP contribution < -0.4 is 15.5 Å². The fraction of sp³-hybridized carbons (Fsp3) is 0.370. The molecule has 192 valence electrons. The molecular weight excluding hydrogens is 510 g/mol. The van der Waals surface area contributed by atoms with E-state index in [9.17, 15) is 13.2 Å². The van der Waals surface area contributed by atoms with Crippen molar-refractivity contribution >= 4 is 44.8 Å². The number of carbonyl (C=O) groups is 1. The fourth-order valence-electron chi connectivity index (χ4n) is 4.86. The van der Waals surface area contributed by atoms with Crippen molar-refractivity contribution in [3.05, 3.63) is 70.4 Å². The van der Waals surface area contributed by atoms with Crippen LogP contribution in [0.3, 0.4) is 0 Å². The minimum absolute atomic E-state index is 0.0234. The van der Waals surface area contributed by atoms with Crippen molar-refractivity contribution in [2.24, 2.45) is 0 Å². The van der Waals surface area contributed by atoms with Crippen LogP contribution in [0.15, 0.2) is 53.4 Å². The normalized spacial score (nSPS) is 18.6. The number of anilines is 3. The molecule has 2 aliphatic heterocycles. The molecule has 10 heteroatoms. The standard InChI is InChI=1S/C27H28ClN5O3S/c28-20-7-5-18(6-8-20)19-15-33(16-19)27-31-23-2-1-13-37(35,36)25(23)26(32-27)30-22-9-3-17(4-10-22)14-24(34)29-21-11-12-21/h3-10,19,21H,1-2,11-16H2,(H,29,34)(H,30,31,32). The van der Waals surface area contributed by atoms with Crippen molar-refractivity contribution in [2.75, 3.05) is 29.1 Å². The Balaban J connectivity index is 1.22. The number of aromatic nitrogens is 2. The van der Waals surface area contributed by atoms with Gasteiger partial charge >= 0.3 is 0 Å². The number of fused-ring (bicyclic) bond motifs is 1. The van der Waals surface area contributed by atoms with E-state index < -0.39 is 9.84 Å². The van der Waals surface area contributed by atoms with Gasteiger partial charge in [0.1, 0.15) is 4.90 Å². The number of aryl methyl sites for hydroxylation is 1. The molecule has 3 aromatic rings. The summed E-state index contributed by atoms with van der Waals surface area (Å²) in [7, 11) is -3.48. The molecule has 6 rings (SSSR count). The molecule has 2 aromatic carbocycles. The highest BCUT2D eigenvalue weighted by atomic mass is 35.5. The number of amides is 1. The molecule has 3 heterocycles. The summed E-state index contributed by atoms with van der Waals surface area (Å²) in [5, 5.41) is 6.94. The summed E-state index contributed by atoms with van der Waals surface area (Å²) in [6.07, 6.45) is 3.59. The fourth-order valence-corrected chi connectivity index (χ4v) is 6.61. The first kappa shape index (κ1) is 24.2. The molecule has 1 aliphatic carbocycles. The first-order chi connectivity index (χ1) is 17.8.